The fraction of sp³-hybridized carbons (Fsp3) is 0.286. The topological polar surface area (TPSA) is 86.8 Å². The maximum Gasteiger partial charge on any atom is 0.264 e. The van der Waals surface area contributed by atoms with E-state index in [2.05, 4.69) is 5.32 Å². The van der Waals surface area contributed by atoms with Crippen LogP contribution in [0.2, 0.25) is 5.02 Å². The number of para-hydroxylation sites is 1. The number of sulfonamides is 1. The second-order valence-corrected chi connectivity index (χ2v) is 11.2. The number of carbonyl (C=O) groups is 2. The van der Waals surface area contributed by atoms with Crippen molar-refractivity contribution in [3.05, 3.63) is 95.3 Å². The molecule has 0 aliphatic carbocycles. The molecule has 0 aromatic heterocycles. The van der Waals surface area contributed by atoms with Gasteiger partial charge in [-0.25, -0.2) is 12.8 Å². The maximum absolute atomic E-state index is 13.8. The van der Waals surface area contributed by atoms with Crippen LogP contribution in [0.5, 0.6) is 0 Å². The van der Waals surface area contributed by atoms with Crippen LogP contribution in [-0.2, 0) is 26.2 Å². The minimum Gasteiger partial charge on any atom is -0.352 e. The Morgan fingerprint density at radius 3 is 2.16 bits per heavy atom. The van der Waals surface area contributed by atoms with Crippen LogP contribution in [0.15, 0.2) is 83.8 Å². The van der Waals surface area contributed by atoms with E-state index >= 15 is 0 Å². The molecule has 10 heteroatoms. The number of benzene rings is 3. The first-order valence-corrected chi connectivity index (χ1v) is 14.0. The Balaban J connectivity index is 2.02. The van der Waals surface area contributed by atoms with Gasteiger partial charge in [-0.2, -0.15) is 0 Å². The molecule has 0 heterocycles. The van der Waals surface area contributed by atoms with Crippen molar-refractivity contribution in [2.24, 2.45) is 0 Å². The van der Waals surface area contributed by atoms with Gasteiger partial charge >= 0.3 is 0 Å². The molecule has 1 N–H and O–H groups in total. The number of nitrogens with one attached hydrogen (secondary N) is 1. The molecule has 2 amide bonds. The highest BCUT2D eigenvalue weighted by molar-refractivity contribution is 7.92. The minimum absolute atomic E-state index is 0.0135. The van der Waals surface area contributed by atoms with E-state index in [0.717, 1.165) is 4.31 Å². The largest absolute Gasteiger partial charge is 0.352 e. The monoisotopic (exact) mass is 559 g/mol. The van der Waals surface area contributed by atoms with Crippen molar-refractivity contribution in [2.45, 2.75) is 50.7 Å². The Bertz CT molecular complexity index is 1350. The van der Waals surface area contributed by atoms with Crippen LogP contribution in [0.25, 0.3) is 0 Å². The predicted molar refractivity (Wildman–Crippen MR) is 147 cm³/mol. The van der Waals surface area contributed by atoms with Gasteiger partial charge in [0.25, 0.3) is 10.0 Å². The molecule has 0 fully saturated rings. The highest BCUT2D eigenvalue weighted by atomic mass is 35.5. The molecule has 2 atom stereocenters. The molecule has 0 saturated heterocycles. The lowest BCUT2D eigenvalue weighted by atomic mass is 10.1. The van der Waals surface area contributed by atoms with Gasteiger partial charge in [0.1, 0.15) is 18.4 Å². The number of carbonyl (C=O) groups excluding carboxylic acids is 2. The second kappa shape index (κ2) is 12.9. The van der Waals surface area contributed by atoms with Gasteiger partial charge in [0, 0.05) is 12.6 Å². The standard InChI is InChI=1S/C28H31ClFN3O4S/c1-4-20(2)31-28(35)21(3)32(18-22-14-16-23(30)17-15-22)27(34)19-33(26-13-9-8-12-25(26)29)38(36,37)24-10-6-5-7-11-24/h5-17,20-21H,4,18-19H2,1-3H3,(H,31,35)/t20-,21+/m1/s1. The number of rotatable bonds is 11. The van der Waals surface area contributed by atoms with Crippen LogP contribution in [0.1, 0.15) is 32.8 Å². The molecule has 0 aliphatic rings. The number of halogens is 2. The zero-order chi connectivity index (χ0) is 27.9. The van der Waals surface area contributed by atoms with E-state index in [1.807, 2.05) is 13.8 Å². The van der Waals surface area contributed by atoms with Crippen molar-refractivity contribution in [1.82, 2.24) is 10.2 Å². The normalized spacial score (nSPS) is 12.9. The molecule has 3 aromatic rings. The Hall–Kier alpha value is -3.43. The van der Waals surface area contributed by atoms with E-state index in [1.165, 1.54) is 53.4 Å². The Kier molecular flexibility index (Phi) is 9.88. The summed E-state index contributed by atoms with van der Waals surface area (Å²) in [5.74, 6) is -1.45. The van der Waals surface area contributed by atoms with Crippen molar-refractivity contribution < 1.29 is 22.4 Å². The molecule has 0 aliphatic heterocycles. The molecule has 3 aromatic carbocycles. The Morgan fingerprint density at radius 2 is 1.55 bits per heavy atom. The van der Waals surface area contributed by atoms with E-state index < -0.39 is 34.3 Å². The van der Waals surface area contributed by atoms with Crippen LogP contribution < -0.4 is 9.62 Å². The molecular formula is C28H31ClFN3O4S. The second-order valence-electron chi connectivity index (χ2n) is 8.92. The number of anilines is 1. The number of hydrogen-bond donors (Lipinski definition) is 1. The summed E-state index contributed by atoms with van der Waals surface area (Å²) in [6.07, 6.45) is 0.694. The van der Waals surface area contributed by atoms with Gasteiger partial charge < -0.3 is 10.2 Å². The third-order valence-electron chi connectivity index (χ3n) is 6.17. The summed E-state index contributed by atoms with van der Waals surface area (Å²) in [5.41, 5.74) is 0.711. The van der Waals surface area contributed by atoms with Crippen molar-refractivity contribution >= 4 is 39.1 Å². The van der Waals surface area contributed by atoms with Crippen LogP contribution in [0.4, 0.5) is 10.1 Å². The lowest BCUT2D eigenvalue weighted by Gasteiger charge is -2.32. The van der Waals surface area contributed by atoms with E-state index in [0.29, 0.717) is 12.0 Å². The molecule has 0 spiro atoms. The summed E-state index contributed by atoms with van der Waals surface area (Å²) >= 11 is 6.38. The van der Waals surface area contributed by atoms with E-state index in [1.54, 1.807) is 37.3 Å². The minimum atomic E-state index is -4.20. The van der Waals surface area contributed by atoms with Crippen molar-refractivity contribution in [3.63, 3.8) is 0 Å². The smallest absolute Gasteiger partial charge is 0.264 e. The lowest BCUT2D eigenvalue weighted by Crippen LogP contribution is -2.52. The van der Waals surface area contributed by atoms with Crippen molar-refractivity contribution in [2.75, 3.05) is 10.8 Å². The molecule has 7 nitrogen and oxygen atoms in total. The number of amides is 2. The molecular weight excluding hydrogens is 529 g/mol. The van der Waals surface area contributed by atoms with Crippen LogP contribution in [0, 0.1) is 5.82 Å². The summed E-state index contributed by atoms with van der Waals surface area (Å²) in [6.45, 7) is 4.71. The number of hydrogen-bond acceptors (Lipinski definition) is 4. The van der Waals surface area contributed by atoms with Gasteiger partial charge in [0.15, 0.2) is 0 Å². The molecule has 202 valence electrons. The van der Waals surface area contributed by atoms with E-state index in [4.69, 9.17) is 11.6 Å². The third kappa shape index (κ3) is 7.11. The first-order chi connectivity index (χ1) is 18.0. The van der Waals surface area contributed by atoms with Gasteiger partial charge in [-0.05, 0) is 62.2 Å². The molecule has 38 heavy (non-hydrogen) atoms. The van der Waals surface area contributed by atoms with Gasteiger partial charge in [-0.1, -0.05) is 61.0 Å². The molecule has 0 bridgehead atoms. The van der Waals surface area contributed by atoms with Gasteiger partial charge in [0.05, 0.1) is 15.6 Å². The van der Waals surface area contributed by atoms with Crippen LogP contribution >= 0.6 is 11.6 Å². The fourth-order valence-electron chi connectivity index (χ4n) is 3.72. The van der Waals surface area contributed by atoms with E-state index in [9.17, 15) is 22.4 Å². The summed E-state index contributed by atoms with van der Waals surface area (Å²) < 4.78 is 41.9. The summed E-state index contributed by atoms with van der Waals surface area (Å²) in [5, 5.41) is 3.01. The van der Waals surface area contributed by atoms with E-state index in [-0.39, 0.29) is 34.1 Å². The highest BCUT2D eigenvalue weighted by Crippen LogP contribution is 2.30. The highest BCUT2D eigenvalue weighted by Gasteiger charge is 2.33. The molecule has 0 unspecified atom stereocenters. The zero-order valence-corrected chi connectivity index (χ0v) is 23.0. The zero-order valence-electron chi connectivity index (χ0n) is 21.5. The lowest BCUT2D eigenvalue weighted by molar-refractivity contribution is -0.139. The molecule has 0 radical (unpaired) electrons. The number of nitrogens with zero attached hydrogens (tertiary/aromatic N) is 2. The quantitative estimate of drug-likeness (QED) is 0.358. The average molecular weight is 560 g/mol. The summed E-state index contributed by atoms with van der Waals surface area (Å²) in [4.78, 5) is 28.1. The van der Waals surface area contributed by atoms with Crippen molar-refractivity contribution in [3.8, 4) is 0 Å². The maximum atomic E-state index is 13.8. The Morgan fingerprint density at radius 1 is 0.947 bits per heavy atom. The third-order valence-corrected chi connectivity index (χ3v) is 8.26. The van der Waals surface area contributed by atoms with Gasteiger partial charge in [-0.3, -0.25) is 13.9 Å². The average Bonchev–Trinajstić information content (AvgIpc) is 2.91. The first-order valence-electron chi connectivity index (χ1n) is 12.2. The first kappa shape index (κ1) is 29.1. The van der Waals surface area contributed by atoms with Crippen LogP contribution in [-0.4, -0.2) is 43.8 Å². The fourth-order valence-corrected chi connectivity index (χ4v) is 5.46. The predicted octanol–water partition coefficient (Wildman–Crippen LogP) is 5.01. The van der Waals surface area contributed by atoms with Gasteiger partial charge in [-0.15, -0.1) is 0 Å². The van der Waals surface area contributed by atoms with Gasteiger partial charge in [0.2, 0.25) is 11.8 Å². The summed E-state index contributed by atoms with van der Waals surface area (Å²) in [7, 11) is -4.20. The molecule has 3 rings (SSSR count). The van der Waals surface area contributed by atoms with Crippen molar-refractivity contribution in [1.29, 1.82) is 0 Å². The Labute approximate surface area is 228 Å². The SMILES string of the molecule is CC[C@@H](C)NC(=O)[C@H](C)N(Cc1ccc(F)cc1)C(=O)CN(c1ccccc1Cl)S(=O)(=O)c1ccccc1. The van der Waals surface area contributed by atoms with Crippen LogP contribution in [0.3, 0.4) is 0 Å². The molecule has 0 saturated carbocycles. The summed E-state index contributed by atoms with van der Waals surface area (Å²) in [6, 6.07) is 18.5.